The molecule has 0 saturated heterocycles. The molecule has 5 nitrogen and oxygen atoms in total. The largest absolute Gasteiger partial charge is 0.462 e. The number of aryl methyl sites for hydroxylation is 1. The Balaban J connectivity index is 2.41. The van der Waals surface area contributed by atoms with Gasteiger partial charge in [0.2, 0.25) is 0 Å². The number of benzene rings is 2. The summed E-state index contributed by atoms with van der Waals surface area (Å²) in [6.45, 7) is 3.63. The molecular weight excluding hydrogens is 373 g/mol. The van der Waals surface area contributed by atoms with Gasteiger partial charge in [-0.05, 0) is 49.7 Å². The fraction of sp³-hybridized carbons (Fsp3) is 0.188. The maximum absolute atomic E-state index is 12.6. The summed E-state index contributed by atoms with van der Waals surface area (Å²) in [5.41, 5.74) is 1.15. The first-order valence-corrected chi connectivity index (χ1v) is 9.24. The first-order chi connectivity index (χ1) is 11.2. The first-order valence-electron chi connectivity index (χ1n) is 7.00. The Labute approximate surface area is 150 Å². The minimum atomic E-state index is -3.96. The third kappa shape index (κ3) is 4.20. The molecule has 0 spiro atoms. The predicted molar refractivity (Wildman–Crippen MR) is 94.4 cm³/mol. The summed E-state index contributed by atoms with van der Waals surface area (Å²) < 4.78 is 32.5. The van der Waals surface area contributed by atoms with E-state index in [1.165, 1.54) is 24.3 Å². The van der Waals surface area contributed by atoms with E-state index < -0.39 is 16.0 Å². The van der Waals surface area contributed by atoms with Gasteiger partial charge in [-0.1, -0.05) is 29.3 Å². The fourth-order valence-electron chi connectivity index (χ4n) is 1.96. The highest BCUT2D eigenvalue weighted by atomic mass is 35.5. The van der Waals surface area contributed by atoms with E-state index in [-0.39, 0.29) is 32.8 Å². The molecular formula is C16H15Cl2NO4S. The van der Waals surface area contributed by atoms with Crippen LogP contribution in [0.2, 0.25) is 10.0 Å². The van der Waals surface area contributed by atoms with Gasteiger partial charge in [-0.15, -0.1) is 0 Å². The topological polar surface area (TPSA) is 72.5 Å². The van der Waals surface area contributed by atoms with Crippen LogP contribution in [-0.4, -0.2) is 21.0 Å². The Bertz CT molecular complexity index is 882. The summed E-state index contributed by atoms with van der Waals surface area (Å²) in [5.74, 6) is -0.529. The Morgan fingerprint density at radius 1 is 1.17 bits per heavy atom. The molecule has 0 radical (unpaired) electrons. The van der Waals surface area contributed by atoms with E-state index in [0.717, 1.165) is 0 Å². The molecule has 0 atom stereocenters. The minimum Gasteiger partial charge on any atom is -0.462 e. The van der Waals surface area contributed by atoms with Crippen molar-refractivity contribution in [3.63, 3.8) is 0 Å². The average Bonchev–Trinajstić information content (AvgIpc) is 2.51. The summed E-state index contributed by atoms with van der Waals surface area (Å²) in [7, 11) is -3.96. The fourth-order valence-corrected chi connectivity index (χ4v) is 3.84. The number of halogens is 2. The van der Waals surface area contributed by atoms with Crippen molar-refractivity contribution in [2.45, 2.75) is 18.7 Å². The standard InChI is InChI=1S/C16H15Cl2NO4S/c1-3-23-16(20)11-5-4-10(2)14(8-11)19-24(21,22)15-9-12(17)6-7-13(15)18/h4-9,19H,3H2,1-2H3. The Hall–Kier alpha value is -1.76. The van der Waals surface area contributed by atoms with Crippen LogP contribution in [0.25, 0.3) is 0 Å². The van der Waals surface area contributed by atoms with E-state index in [1.807, 2.05) is 0 Å². The van der Waals surface area contributed by atoms with E-state index in [0.29, 0.717) is 5.56 Å². The van der Waals surface area contributed by atoms with Crippen LogP contribution in [0.5, 0.6) is 0 Å². The van der Waals surface area contributed by atoms with Crippen LogP contribution in [0.3, 0.4) is 0 Å². The molecule has 0 heterocycles. The van der Waals surface area contributed by atoms with Crippen molar-refractivity contribution in [1.82, 2.24) is 0 Å². The van der Waals surface area contributed by atoms with Gasteiger partial charge in [-0.25, -0.2) is 13.2 Å². The van der Waals surface area contributed by atoms with Crippen LogP contribution in [0, 0.1) is 6.92 Å². The Kier molecular flexibility index (Phi) is 5.74. The van der Waals surface area contributed by atoms with Gasteiger partial charge in [0.05, 0.1) is 22.9 Å². The molecule has 2 aromatic rings. The molecule has 0 aliphatic heterocycles. The lowest BCUT2D eigenvalue weighted by atomic mass is 10.1. The number of hydrogen-bond donors (Lipinski definition) is 1. The lowest BCUT2D eigenvalue weighted by molar-refractivity contribution is 0.0526. The number of nitrogens with one attached hydrogen (secondary N) is 1. The van der Waals surface area contributed by atoms with Crippen LogP contribution in [0.4, 0.5) is 5.69 Å². The number of anilines is 1. The van der Waals surface area contributed by atoms with Crippen molar-refractivity contribution in [2.75, 3.05) is 11.3 Å². The van der Waals surface area contributed by atoms with Crippen LogP contribution in [0.1, 0.15) is 22.8 Å². The second-order valence-electron chi connectivity index (χ2n) is 4.93. The molecule has 2 aromatic carbocycles. The molecule has 24 heavy (non-hydrogen) atoms. The molecule has 0 fully saturated rings. The summed E-state index contributed by atoms with van der Waals surface area (Å²) in [5, 5.41) is 0.294. The number of carbonyl (C=O) groups excluding carboxylic acids is 1. The molecule has 2 rings (SSSR count). The highest BCUT2D eigenvalue weighted by Crippen LogP contribution is 2.28. The van der Waals surface area contributed by atoms with E-state index in [1.54, 1.807) is 26.0 Å². The van der Waals surface area contributed by atoms with Gasteiger partial charge < -0.3 is 4.74 Å². The highest BCUT2D eigenvalue weighted by Gasteiger charge is 2.20. The van der Waals surface area contributed by atoms with E-state index in [2.05, 4.69) is 4.72 Å². The summed E-state index contributed by atoms with van der Waals surface area (Å²) in [6.07, 6.45) is 0. The molecule has 1 N–H and O–H groups in total. The van der Waals surface area contributed by atoms with Crippen LogP contribution in [0.15, 0.2) is 41.3 Å². The number of ether oxygens (including phenoxy) is 1. The predicted octanol–water partition coefficient (Wildman–Crippen LogP) is 4.28. The second-order valence-corrected chi connectivity index (χ2v) is 7.42. The van der Waals surface area contributed by atoms with Crippen LogP contribution >= 0.6 is 23.2 Å². The number of sulfonamides is 1. The number of rotatable bonds is 5. The third-order valence-corrected chi connectivity index (χ3v) is 5.26. The number of carbonyl (C=O) groups is 1. The second kappa shape index (κ2) is 7.42. The molecule has 128 valence electrons. The van der Waals surface area contributed by atoms with Gasteiger partial charge in [-0.2, -0.15) is 0 Å². The number of esters is 1. The van der Waals surface area contributed by atoms with Crippen molar-refractivity contribution in [1.29, 1.82) is 0 Å². The van der Waals surface area contributed by atoms with Crippen molar-refractivity contribution in [2.24, 2.45) is 0 Å². The van der Waals surface area contributed by atoms with Gasteiger partial charge in [-0.3, -0.25) is 4.72 Å². The van der Waals surface area contributed by atoms with Crippen molar-refractivity contribution in [3.05, 3.63) is 57.6 Å². The van der Waals surface area contributed by atoms with Crippen molar-refractivity contribution in [3.8, 4) is 0 Å². The molecule has 8 heteroatoms. The maximum Gasteiger partial charge on any atom is 0.338 e. The summed E-state index contributed by atoms with van der Waals surface area (Å²) in [6, 6.07) is 8.77. The molecule has 0 unspecified atom stereocenters. The molecule has 0 aromatic heterocycles. The molecule has 0 saturated carbocycles. The van der Waals surface area contributed by atoms with Crippen molar-refractivity contribution < 1.29 is 17.9 Å². The molecule has 0 amide bonds. The van der Waals surface area contributed by atoms with Gasteiger partial charge in [0.15, 0.2) is 0 Å². The van der Waals surface area contributed by atoms with Gasteiger partial charge in [0.1, 0.15) is 4.90 Å². The van der Waals surface area contributed by atoms with Gasteiger partial charge in [0, 0.05) is 5.02 Å². The lowest BCUT2D eigenvalue weighted by Crippen LogP contribution is -2.15. The SMILES string of the molecule is CCOC(=O)c1ccc(C)c(NS(=O)(=O)c2cc(Cl)ccc2Cl)c1. The molecule has 0 aliphatic rings. The first kappa shape index (κ1) is 18.6. The monoisotopic (exact) mass is 387 g/mol. The van der Waals surface area contributed by atoms with Gasteiger partial charge in [0.25, 0.3) is 10.0 Å². The molecule has 0 aliphatic carbocycles. The lowest BCUT2D eigenvalue weighted by Gasteiger charge is -2.13. The summed E-state index contributed by atoms with van der Waals surface area (Å²) in [4.78, 5) is 11.7. The van der Waals surface area contributed by atoms with E-state index >= 15 is 0 Å². The van der Waals surface area contributed by atoms with Gasteiger partial charge >= 0.3 is 5.97 Å². The van der Waals surface area contributed by atoms with Crippen molar-refractivity contribution >= 4 is 44.9 Å². The highest BCUT2D eigenvalue weighted by molar-refractivity contribution is 7.92. The zero-order valence-corrected chi connectivity index (χ0v) is 15.3. The van der Waals surface area contributed by atoms with E-state index in [9.17, 15) is 13.2 Å². The van der Waals surface area contributed by atoms with E-state index in [4.69, 9.17) is 27.9 Å². The average molecular weight is 388 g/mol. The quantitative estimate of drug-likeness (QED) is 0.776. The zero-order chi connectivity index (χ0) is 17.9. The number of hydrogen-bond acceptors (Lipinski definition) is 4. The Morgan fingerprint density at radius 3 is 2.54 bits per heavy atom. The Morgan fingerprint density at radius 2 is 1.88 bits per heavy atom. The molecule has 0 bridgehead atoms. The third-order valence-electron chi connectivity index (χ3n) is 3.18. The smallest absolute Gasteiger partial charge is 0.338 e. The maximum atomic E-state index is 12.6. The normalized spacial score (nSPS) is 11.2. The summed E-state index contributed by atoms with van der Waals surface area (Å²) >= 11 is 11.8. The zero-order valence-electron chi connectivity index (χ0n) is 13.0. The minimum absolute atomic E-state index is 0.0473. The van der Waals surface area contributed by atoms with Crippen LogP contribution < -0.4 is 4.72 Å². The van der Waals surface area contributed by atoms with Crippen LogP contribution in [-0.2, 0) is 14.8 Å².